The predicted molar refractivity (Wildman–Crippen MR) is 94.2 cm³/mol. The van der Waals surface area contributed by atoms with Gasteiger partial charge in [0.25, 0.3) is 0 Å². The first-order valence-electron chi connectivity index (χ1n) is 8.92. The van der Waals surface area contributed by atoms with Crippen molar-refractivity contribution in [3.63, 3.8) is 0 Å². The summed E-state index contributed by atoms with van der Waals surface area (Å²) < 4.78 is 5.64. The summed E-state index contributed by atoms with van der Waals surface area (Å²) in [5.41, 5.74) is 0.625. The largest absolute Gasteiger partial charge is 0.375 e. The Hall–Kier alpha value is -2.17. The molecule has 0 saturated carbocycles. The Balaban J connectivity index is 1.49. The van der Waals surface area contributed by atoms with Gasteiger partial charge in [0.05, 0.1) is 30.9 Å². The van der Waals surface area contributed by atoms with Crippen molar-refractivity contribution in [3.05, 3.63) is 23.9 Å². The number of nitrogens with zero attached hydrogens (tertiary/aromatic N) is 5. The molecule has 7 heteroatoms. The highest BCUT2D eigenvalue weighted by Crippen LogP contribution is 2.15. The molecule has 2 saturated heterocycles. The van der Waals surface area contributed by atoms with Crippen LogP contribution in [0.15, 0.2) is 18.3 Å². The molecule has 1 aromatic heterocycles. The van der Waals surface area contributed by atoms with Crippen molar-refractivity contribution in [2.24, 2.45) is 0 Å². The molecule has 2 aliphatic rings. The van der Waals surface area contributed by atoms with Crippen molar-refractivity contribution < 1.29 is 9.53 Å². The zero-order valence-corrected chi connectivity index (χ0v) is 14.7. The minimum absolute atomic E-state index is 0.174. The van der Waals surface area contributed by atoms with Gasteiger partial charge in [-0.2, -0.15) is 5.26 Å². The van der Waals surface area contributed by atoms with E-state index in [2.05, 4.69) is 27.8 Å². The molecule has 1 unspecified atom stereocenters. The van der Waals surface area contributed by atoms with Gasteiger partial charge in [-0.3, -0.25) is 9.69 Å². The molecule has 0 radical (unpaired) electrons. The van der Waals surface area contributed by atoms with E-state index in [1.807, 2.05) is 11.0 Å². The van der Waals surface area contributed by atoms with Crippen LogP contribution in [0.1, 0.15) is 18.9 Å². The summed E-state index contributed by atoms with van der Waals surface area (Å²) in [5.74, 6) is 1.03. The van der Waals surface area contributed by atoms with Gasteiger partial charge in [-0.05, 0) is 18.6 Å². The molecular weight excluding hydrogens is 318 g/mol. The molecule has 25 heavy (non-hydrogen) atoms. The normalized spacial score (nSPS) is 21.8. The number of hydrogen-bond acceptors (Lipinski definition) is 6. The van der Waals surface area contributed by atoms with Gasteiger partial charge in [0.2, 0.25) is 5.91 Å². The molecule has 7 nitrogen and oxygen atoms in total. The van der Waals surface area contributed by atoms with Gasteiger partial charge in [0, 0.05) is 45.5 Å². The number of piperazine rings is 1. The molecule has 134 valence electrons. The number of hydrogen-bond donors (Lipinski definition) is 0. The molecule has 1 aromatic rings. The predicted octanol–water partition coefficient (Wildman–Crippen LogP) is 0.713. The van der Waals surface area contributed by atoms with Gasteiger partial charge >= 0.3 is 0 Å². The number of nitriles is 1. The van der Waals surface area contributed by atoms with Crippen molar-refractivity contribution in [1.82, 2.24) is 14.8 Å². The molecule has 3 rings (SSSR count). The lowest BCUT2D eigenvalue weighted by Gasteiger charge is -2.37. The fraction of sp³-hybridized carbons (Fsp3) is 0.611. The third-order valence-corrected chi connectivity index (χ3v) is 4.88. The van der Waals surface area contributed by atoms with Crippen LogP contribution in [0.25, 0.3) is 0 Å². The Morgan fingerprint density at radius 1 is 1.36 bits per heavy atom. The second-order valence-electron chi connectivity index (χ2n) is 6.52. The zero-order valence-electron chi connectivity index (χ0n) is 14.7. The average Bonchev–Trinajstić information content (AvgIpc) is 2.68. The number of morpholine rings is 1. The van der Waals surface area contributed by atoms with Gasteiger partial charge in [0.15, 0.2) is 0 Å². The summed E-state index contributed by atoms with van der Waals surface area (Å²) in [6, 6.07) is 5.68. The molecular formula is C18H25N5O2. The second-order valence-corrected chi connectivity index (χ2v) is 6.52. The van der Waals surface area contributed by atoms with E-state index in [9.17, 15) is 4.79 Å². The Labute approximate surface area is 148 Å². The third kappa shape index (κ3) is 4.47. The van der Waals surface area contributed by atoms with E-state index < -0.39 is 0 Å². The molecule has 3 heterocycles. The van der Waals surface area contributed by atoms with Crippen LogP contribution in [0.2, 0.25) is 0 Å². The van der Waals surface area contributed by atoms with Gasteiger partial charge in [-0.1, -0.05) is 6.92 Å². The van der Waals surface area contributed by atoms with Crippen LogP contribution >= 0.6 is 0 Å². The zero-order chi connectivity index (χ0) is 17.6. The Bertz CT molecular complexity index is 637. The average molecular weight is 343 g/mol. The lowest BCUT2D eigenvalue weighted by Crippen LogP contribution is -2.52. The minimum atomic E-state index is 0.174. The smallest absolute Gasteiger partial charge is 0.236 e. The van der Waals surface area contributed by atoms with Crippen LogP contribution in [0.4, 0.5) is 5.82 Å². The van der Waals surface area contributed by atoms with E-state index in [4.69, 9.17) is 10.00 Å². The van der Waals surface area contributed by atoms with Crippen molar-refractivity contribution in [3.8, 4) is 6.07 Å². The third-order valence-electron chi connectivity index (χ3n) is 4.88. The molecule has 1 amide bonds. The molecule has 2 aliphatic heterocycles. The van der Waals surface area contributed by atoms with Gasteiger partial charge in [-0.15, -0.1) is 0 Å². The summed E-state index contributed by atoms with van der Waals surface area (Å²) >= 11 is 0. The molecule has 1 atom stereocenters. The fourth-order valence-corrected chi connectivity index (χ4v) is 3.28. The van der Waals surface area contributed by atoms with Crippen molar-refractivity contribution in [2.45, 2.75) is 19.4 Å². The van der Waals surface area contributed by atoms with E-state index in [-0.39, 0.29) is 12.0 Å². The number of rotatable bonds is 4. The van der Waals surface area contributed by atoms with Crippen LogP contribution in [0.3, 0.4) is 0 Å². The highest BCUT2D eigenvalue weighted by molar-refractivity contribution is 5.78. The van der Waals surface area contributed by atoms with E-state index in [1.54, 1.807) is 12.3 Å². The van der Waals surface area contributed by atoms with Crippen LogP contribution in [0, 0.1) is 11.3 Å². The molecule has 0 aromatic carbocycles. The summed E-state index contributed by atoms with van der Waals surface area (Å²) in [6.45, 7) is 7.88. The monoisotopic (exact) mass is 343 g/mol. The number of pyridine rings is 1. The first-order chi connectivity index (χ1) is 12.2. The number of aromatic nitrogens is 1. The quantitative estimate of drug-likeness (QED) is 0.802. The Morgan fingerprint density at radius 2 is 2.16 bits per heavy atom. The fourth-order valence-electron chi connectivity index (χ4n) is 3.28. The SMILES string of the molecule is CCC1CN(C(=O)CN2CCN(c3cc(C#N)ccn3)CC2)CCO1. The highest BCUT2D eigenvalue weighted by Gasteiger charge is 2.26. The summed E-state index contributed by atoms with van der Waals surface area (Å²) in [6.07, 6.45) is 2.79. The first kappa shape index (κ1) is 17.6. The Kier molecular flexibility index (Phi) is 5.84. The van der Waals surface area contributed by atoms with Gasteiger partial charge in [0.1, 0.15) is 5.82 Å². The van der Waals surface area contributed by atoms with Crippen molar-refractivity contribution in [1.29, 1.82) is 5.26 Å². The second kappa shape index (κ2) is 8.28. The van der Waals surface area contributed by atoms with E-state index in [0.29, 0.717) is 31.8 Å². The first-order valence-corrected chi connectivity index (χ1v) is 8.92. The maximum atomic E-state index is 12.5. The molecule has 0 aliphatic carbocycles. The maximum Gasteiger partial charge on any atom is 0.236 e. The molecule has 0 spiro atoms. The number of carbonyl (C=O) groups is 1. The van der Waals surface area contributed by atoms with E-state index >= 15 is 0 Å². The van der Waals surface area contributed by atoms with E-state index in [1.165, 1.54) is 0 Å². The van der Waals surface area contributed by atoms with Crippen LogP contribution in [-0.2, 0) is 9.53 Å². The minimum Gasteiger partial charge on any atom is -0.375 e. The standard InChI is InChI=1S/C18H25N5O2/c1-2-16-13-23(9-10-25-16)18(24)14-21-5-7-22(8-6-21)17-11-15(12-19)3-4-20-17/h3-4,11,16H,2,5-10,13-14H2,1H3. The summed E-state index contributed by atoms with van der Waals surface area (Å²) in [4.78, 5) is 23.2. The van der Waals surface area contributed by atoms with Crippen LogP contribution in [0.5, 0.6) is 0 Å². The topological polar surface area (TPSA) is 72.7 Å². The summed E-state index contributed by atoms with van der Waals surface area (Å²) in [5, 5.41) is 9.01. The van der Waals surface area contributed by atoms with Crippen molar-refractivity contribution >= 4 is 11.7 Å². The van der Waals surface area contributed by atoms with Gasteiger partial charge < -0.3 is 14.5 Å². The number of anilines is 1. The molecule has 0 bridgehead atoms. The summed E-state index contributed by atoms with van der Waals surface area (Å²) in [7, 11) is 0. The number of ether oxygens (including phenoxy) is 1. The molecule has 2 fully saturated rings. The van der Waals surface area contributed by atoms with Gasteiger partial charge in [-0.25, -0.2) is 4.98 Å². The Morgan fingerprint density at radius 3 is 2.88 bits per heavy atom. The maximum absolute atomic E-state index is 12.5. The van der Waals surface area contributed by atoms with E-state index in [0.717, 1.165) is 38.4 Å². The highest BCUT2D eigenvalue weighted by atomic mass is 16.5. The van der Waals surface area contributed by atoms with Crippen LogP contribution < -0.4 is 4.90 Å². The number of carbonyl (C=O) groups excluding carboxylic acids is 1. The van der Waals surface area contributed by atoms with Crippen molar-refractivity contribution in [2.75, 3.05) is 57.3 Å². The lowest BCUT2D eigenvalue weighted by molar-refractivity contribution is -0.140. The van der Waals surface area contributed by atoms with Crippen LogP contribution in [-0.4, -0.2) is 79.2 Å². The molecule has 0 N–H and O–H groups in total. The lowest BCUT2D eigenvalue weighted by atomic mass is 10.2. The number of amides is 1.